The first-order valence-electron chi connectivity index (χ1n) is 5.16. The van der Waals surface area contributed by atoms with E-state index in [-0.39, 0.29) is 11.6 Å². The summed E-state index contributed by atoms with van der Waals surface area (Å²) in [6.45, 7) is 0. The Kier molecular flexibility index (Phi) is 2.56. The molecule has 0 radical (unpaired) electrons. The minimum Gasteiger partial charge on any atom is -0.398 e. The molecule has 0 spiro atoms. The zero-order valence-electron chi connectivity index (χ0n) is 9.13. The number of thiophene rings is 1. The smallest absolute Gasteiger partial charge is 0.260 e. The third-order valence-corrected chi connectivity index (χ3v) is 3.13. The summed E-state index contributed by atoms with van der Waals surface area (Å²) < 4.78 is 18.1. The third-order valence-electron chi connectivity index (χ3n) is 2.45. The molecule has 0 unspecified atom stereocenters. The molecule has 18 heavy (non-hydrogen) atoms. The van der Waals surface area contributed by atoms with Gasteiger partial charge in [-0.3, -0.25) is 0 Å². The summed E-state index contributed by atoms with van der Waals surface area (Å²) in [5.41, 5.74) is 7.41. The molecule has 0 atom stereocenters. The maximum absolute atomic E-state index is 12.9. The fourth-order valence-electron chi connectivity index (χ4n) is 1.57. The number of nitrogens with two attached hydrogens (primary N) is 1. The second kappa shape index (κ2) is 4.23. The molecule has 2 N–H and O–H groups in total. The van der Waals surface area contributed by atoms with Gasteiger partial charge >= 0.3 is 0 Å². The number of hydrogen-bond acceptors (Lipinski definition) is 5. The largest absolute Gasteiger partial charge is 0.398 e. The Bertz CT molecular complexity index is 678. The first-order chi connectivity index (χ1) is 8.74. The van der Waals surface area contributed by atoms with Crippen molar-refractivity contribution >= 4 is 17.0 Å². The van der Waals surface area contributed by atoms with Gasteiger partial charge in [0.25, 0.3) is 5.89 Å². The van der Waals surface area contributed by atoms with Gasteiger partial charge in [0.05, 0.1) is 5.56 Å². The minimum absolute atomic E-state index is 0.274. The van der Waals surface area contributed by atoms with E-state index in [0.717, 1.165) is 5.56 Å². The number of halogens is 1. The second-order valence-electron chi connectivity index (χ2n) is 3.67. The van der Waals surface area contributed by atoms with Crippen molar-refractivity contribution in [3.63, 3.8) is 0 Å². The topological polar surface area (TPSA) is 64.9 Å². The van der Waals surface area contributed by atoms with Gasteiger partial charge in [-0.1, -0.05) is 5.16 Å². The normalized spacial score (nSPS) is 10.7. The fraction of sp³-hybridized carbons (Fsp3) is 0. The molecule has 0 saturated heterocycles. The van der Waals surface area contributed by atoms with Crippen LogP contribution in [0.25, 0.3) is 22.8 Å². The van der Waals surface area contributed by atoms with Gasteiger partial charge in [-0.2, -0.15) is 16.3 Å². The van der Waals surface area contributed by atoms with Crippen molar-refractivity contribution in [3.05, 3.63) is 40.8 Å². The molecule has 6 heteroatoms. The SMILES string of the molecule is Nc1cc(F)ccc1-c1nc(-c2ccsc2)no1. The van der Waals surface area contributed by atoms with Crippen LogP contribution in [-0.4, -0.2) is 10.1 Å². The van der Waals surface area contributed by atoms with Crippen LogP contribution < -0.4 is 5.73 Å². The lowest BCUT2D eigenvalue weighted by molar-refractivity contribution is 0.432. The first kappa shape index (κ1) is 10.9. The maximum Gasteiger partial charge on any atom is 0.260 e. The number of benzene rings is 1. The summed E-state index contributed by atoms with van der Waals surface area (Å²) in [4.78, 5) is 4.24. The number of anilines is 1. The van der Waals surface area contributed by atoms with Crippen molar-refractivity contribution in [2.45, 2.75) is 0 Å². The standard InChI is InChI=1S/C12H8FN3OS/c13-8-1-2-9(10(14)5-8)12-15-11(16-17-12)7-3-4-18-6-7/h1-6H,14H2. The number of nitrogen functional groups attached to an aromatic ring is 1. The monoisotopic (exact) mass is 261 g/mol. The molecule has 90 valence electrons. The Labute approximate surface area is 106 Å². The quantitative estimate of drug-likeness (QED) is 0.719. The zero-order valence-corrected chi connectivity index (χ0v) is 9.95. The van der Waals surface area contributed by atoms with E-state index in [9.17, 15) is 4.39 Å². The first-order valence-corrected chi connectivity index (χ1v) is 6.10. The predicted molar refractivity (Wildman–Crippen MR) is 67.4 cm³/mol. The Hall–Kier alpha value is -2.21. The summed E-state index contributed by atoms with van der Waals surface area (Å²) in [6.07, 6.45) is 0. The van der Waals surface area contributed by atoms with Crippen molar-refractivity contribution in [2.75, 3.05) is 5.73 Å². The molecule has 2 heterocycles. The molecule has 2 aromatic heterocycles. The Balaban J connectivity index is 2.03. The molecule has 0 fully saturated rings. The molecule has 3 aromatic rings. The summed E-state index contributed by atoms with van der Waals surface area (Å²) in [7, 11) is 0. The average molecular weight is 261 g/mol. The van der Waals surface area contributed by atoms with Crippen LogP contribution >= 0.6 is 11.3 Å². The molecule has 3 rings (SSSR count). The van der Waals surface area contributed by atoms with Crippen LogP contribution in [0.3, 0.4) is 0 Å². The molecule has 4 nitrogen and oxygen atoms in total. The van der Waals surface area contributed by atoms with E-state index < -0.39 is 5.82 Å². The highest BCUT2D eigenvalue weighted by Gasteiger charge is 2.13. The van der Waals surface area contributed by atoms with E-state index in [4.69, 9.17) is 10.3 Å². The van der Waals surface area contributed by atoms with E-state index in [0.29, 0.717) is 11.4 Å². The average Bonchev–Trinajstić information content (AvgIpc) is 2.99. The molecule has 0 aliphatic rings. The lowest BCUT2D eigenvalue weighted by Gasteiger charge is -1.99. The van der Waals surface area contributed by atoms with Gasteiger partial charge in [0.2, 0.25) is 5.82 Å². The van der Waals surface area contributed by atoms with Gasteiger partial charge in [-0.15, -0.1) is 0 Å². The van der Waals surface area contributed by atoms with E-state index in [2.05, 4.69) is 10.1 Å². The highest BCUT2D eigenvalue weighted by atomic mass is 32.1. The molecule has 1 aromatic carbocycles. The van der Waals surface area contributed by atoms with Crippen molar-refractivity contribution in [2.24, 2.45) is 0 Å². The Morgan fingerprint density at radius 3 is 2.89 bits per heavy atom. The highest BCUT2D eigenvalue weighted by molar-refractivity contribution is 7.08. The summed E-state index contributed by atoms with van der Waals surface area (Å²) in [5, 5.41) is 7.72. The molecular weight excluding hydrogens is 253 g/mol. The van der Waals surface area contributed by atoms with Gasteiger partial charge in [-0.25, -0.2) is 4.39 Å². The van der Waals surface area contributed by atoms with Gasteiger partial charge in [0.15, 0.2) is 0 Å². The number of hydrogen-bond donors (Lipinski definition) is 1. The number of aromatic nitrogens is 2. The lowest BCUT2D eigenvalue weighted by atomic mass is 10.2. The Morgan fingerprint density at radius 2 is 2.17 bits per heavy atom. The second-order valence-corrected chi connectivity index (χ2v) is 4.45. The van der Waals surface area contributed by atoms with Crippen LogP contribution in [0.15, 0.2) is 39.5 Å². The van der Waals surface area contributed by atoms with Crippen LogP contribution in [0.1, 0.15) is 0 Å². The van der Waals surface area contributed by atoms with E-state index in [1.54, 1.807) is 11.3 Å². The molecule has 0 bridgehead atoms. The minimum atomic E-state index is -0.395. The summed E-state index contributed by atoms with van der Waals surface area (Å²) in [5.74, 6) is 0.387. The van der Waals surface area contributed by atoms with Crippen LogP contribution in [0.5, 0.6) is 0 Å². The third kappa shape index (κ3) is 1.86. The summed E-state index contributed by atoms with van der Waals surface area (Å²) in [6, 6.07) is 5.95. The lowest BCUT2D eigenvalue weighted by Crippen LogP contribution is -1.91. The van der Waals surface area contributed by atoms with Gasteiger partial charge in [0, 0.05) is 16.6 Å². The van der Waals surface area contributed by atoms with E-state index >= 15 is 0 Å². The van der Waals surface area contributed by atoms with E-state index in [1.807, 2.05) is 16.8 Å². The summed E-state index contributed by atoms with van der Waals surface area (Å²) >= 11 is 1.55. The Morgan fingerprint density at radius 1 is 1.28 bits per heavy atom. The highest BCUT2D eigenvalue weighted by Crippen LogP contribution is 2.27. The van der Waals surface area contributed by atoms with Crippen molar-refractivity contribution in [1.29, 1.82) is 0 Å². The van der Waals surface area contributed by atoms with Crippen molar-refractivity contribution in [3.8, 4) is 22.8 Å². The van der Waals surface area contributed by atoms with Crippen LogP contribution in [0.4, 0.5) is 10.1 Å². The molecule has 0 aliphatic carbocycles. The van der Waals surface area contributed by atoms with Gasteiger partial charge < -0.3 is 10.3 Å². The van der Waals surface area contributed by atoms with Crippen LogP contribution in [0, 0.1) is 5.82 Å². The number of nitrogens with zero attached hydrogens (tertiary/aromatic N) is 2. The molecular formula is C12H8FN3OS. The van der Waals surface area contributed by atoms with Gasteiger partial charge in [0.1, 0.15) is 5.82 Å². The fourth-order valence-corrected chi connectivity index (χ4v) is 2.20. The molecule has 0 aliphatic heterocycles. The van der Waals surface area contributed by atoms with E-state index in [1.165, 1.54) is 18.2 Å². The van der Waals surface area contributed by atoms with Gasteiger partial charge in [-0.05, 0) is 29.6 Å². The molecule has 0 amide bonds. The zero-order chi connectivity index (χ0) is 12.5. The number of rotatable bonds is 2. The predicted octanol–water partition coefficient (Wildman–Crippen LogP) is 3.19. The van der Waals surface area contributed by atoms with Crippen molar-refractivity contribution in [1.82, 2.24) is 10.1 Å². The van der Waals surface area contributed by atoms with Crippen LogP contribution in [0.2, 0.25) is 0 Å². The van der Waals surface area contributed by atoms with Crippen molar-refractivity contribution < 1.29 is 8.91 Å². The molecule has 0 saturated carbocycles. The maximum atomic E-state index is 12.9. The van der Waals surface area contributed by atoms with Crippen LogP contribution in [-0.2, 0) is 0 Å².